The second-order valence-electron chi connectivity index (χ2n) is 8.05. The fourth-order valence-corrected chi connectivity index (χ4v) is 4.47. The number of carbonyl (C=O) groups excluding carboxylic acids is 2. The van der Waals surface area contributed by atoms with Crippen LogP contribution in [0.25, 0.3) is 0 Å². The number of hydrogen-bond acceptors (Lipinski definition) is 6. The van der Waals surface area contributed by atoms with Crippen LogP contribution in [0.4, 0.5) is 5.82 Å². The van der Waals surface area contributed by atoms with E-state index in [1.165, 1.54) is 0 Å². The number of nitrogens with zero attached hydrogens (tertiary/aromatic N) is 7. The van der Waals surface area contributed by atoms with Crippen LogP contribution in [0.1, 0.15) is 37.4 Å². The molecule has 0 spiro atoms. The average Bonchev–Trinajstić information content (AvgIpc) is 3.44. The molecule has 3 fully saturated rings. The lowest BCUT2D eigenvalue weighted by Crippen LogP contribution is -2.56. The first-order valence-electron chi connectivity index (χ1n) is 10.3. The summed E-state index contributed by atoms with van der Waals surface area (Å²) in [5.74, 6) is 1.24. The number of anilines is 1. The SMILES string of the molecule is O=C1CCCN1Cc1cn(C2CN(C(=O)C3CCCN3c3ccccn3)C2)nn1. The molecule has 3 aliphatic heterocycles. The molecule has 0 saturated carbocycles. The predicted molar refractivity (Wildman–Crippen MR) is 105 cm³/mol. The minimum absolute atomic E-state index is 0.127. The molecule has 2 aromatic rings. The van der Waals surface area contributed by atoms with Crippen LogP contribution in [0.2, 0.25) is 0 Å². The molecule has 3 saturated heterocycles. The van der Waals surface area contributed by atoms with Gasteiger partial charge in [-0.05, 0) is 31.4 Å². The van der Waals surface area contributed by atoms with Crippen molar-refractivity contribution in [3.8, 4) is 0 Å². The molecule has 9 nitrogen and oxygen atoms in total. The summed E-state index contributed by atoms with van der Waals surface area (Å²) in [5.41, 5.74) is 0.808. The molecule has 0 aromatic carbocycles. The van der Waals surface area contributed by atoms with Gasteiger partial charge in [-0.1, -0.05) is 11.3 Å². The second kappa shape index (κ2) is 7.46. The summed E-state index contributed by atoms with van der Waals surface area (Å²) in [5, 5.41) is 8.44. The first kappa shape index (κ1) is 18.1. The summed E-state index contributed by atoms with van der Waals surface area (Å²) in [6, 6.07) is 5.84. The minimum atomic E-state index is -0.127. The van der Waals surface area contributed by atoms with E-state index < -0.39 is 0 Å². The molecule has 5 rings (SSSR count). The van der Waals surface area contributed by atoms with Crippen molar-refractivity contribution in [1.82, 2.24) is 29.8 Å². The fraction of sp³-hybridized carbons (Fsp3) is 0.550. The molecule has 0 aliphatic carbocycles. The molecule has 1 unspecified atom stereocenters. The molecule has 152 valence electrons. The van der Waals surface area contributed by atoms with E-state index in [4.69, 9.17) is 0 Å². The molecule has 9 heteroatoms. The lowest BCUT2D eigenvalue weighted by Gasteiger charge is -2.41. The topological polar surface area (TPSA) is 87.5 Å². The Morgan fingerprint density at radius 2 is 2.07 bits per heavy atom. The maximum Gasteiger partial charge on any atom is 0.245 e. The van der Waals surface area contributed by atoms with Gasteiger partial charge in [0, 0.05) is 38.8 Å². The van der Waals surface area contributed by atoms with E-state index in [9.17, 15) is 9.59 Å². The third kappa shape index (κ3) is 3.45. The Morgan fingerprint density at radius 3 is 2.83 bits per heavy atom. The summed E-state index contributed by atoms with van der Waals surface area (Å²) in [4.78, 5) is 35.1. The van der Waals surface area contributed by atoms with E-state index in [2.05, 4.69) is 20.2 Å². The first-order valence-corrected chi connectivity index (χ1v) is 10.3. The fourth-order valence-electron chi connectivity index (χ4n) is 4.47. The maximum atomic E-state index is 13.0. The number of likely N-dealkylation sites (tertiary alicyclic amines) is 2. The largest absolute Gasteiger partial charge is 0.345 e. The maximum absolute atomic E-state index is 13.0. The molecule has 2 aromatic heterocycles. The Kier molecular flexibility index (Phi) is 4.65. The number of hydrogen-bond donors (Lipinski definition) is 0. The monoisotopic (exact) mass is 395 g/mol. The first-order chi connectivity index (χ1) is 14.2. The van der Waals surface area contributed by atoms with Gasteiger partial charge in [0.1, 0.15) is 17.6 Å². The minimum Gasteiger partial charge on any atom is -0.345 e. The van der Waals surface area contributed by atoms with Gasteiger partial charge in [-0.3, -0.25) is 9.59 Å². The molecule has 29 heavy (non-hydrogen) atoms. The Hall–Kier alpha value is -2.97. The van der Waals surface area contributed by atoms with Crippen molar-refractivity contribution in [1.29, 1.82) is 0 Å². The zero-order valence-corrected chi connectivity index (χ0v) is 16.4. The number of amides is 2. The summed E-state index contributed by atoms with van der Waals surface area (Å²) in [6.45, 7) is 3.49. The second-order valence-corrected chi connectivity index (χ2v) is 8.05. The number of pyridine rings is 1. The molecule has 0 radical (unpaired) electrons. The van der Waals surface area contributed by atoms with Crippen LogP contribution >= 0.6 is 0 Å². The Morgan fingerprint density at radius 1 is 1.17 bits per heavy atom. The van der Waals surface area contributed by atoms with Gasteiger partial charge in [0.2, 0.25) is 11.8 Å². The van der Waals surface area contributed by atoms with Gasteiger partial charge in [0.05, 0.1) is 18.8 Å². The summed E-state index contributed by atoms with van der Waals surface area (Å²) in [7, 11) is 0. The van der Waals surface area contributed by atoms with Crippen molar-refractivity contribution in [2.45, 2.75) is 44.3 Å². The molecule has 0 N–H and O–H groups in total. The highest BCUT2D eigenvalue weighted by molar-refractivity contribution is 5.86. The molecule has 5 heterocycles. The highest BCUT2D eigenvalue weighted by Gasteiger charge is 2.40. The predicted octanol–water partition coefficient (Wildman–Crippen LogP) is 0.848. The van der Waals surface area contributed by atoms with Gasteiger partial charge in [-0.15, -0.1) is 5.10 Å². The third-order valence-corrected chi connectivity index (χ3v) is 6.11. The van der Waals surface area contributed by atoms with E-state index in [1.54, 1.807) is 6.20 Å². The van der Waals surface area contributed by atoms with Crippen molar-refractivity contribution in [2.24, 2.45) is 0 Å². The van der Waals surface area contributed by atoms with Gasteiger partial charge in [-0.25, -0.2) is 9.67 Å². The Labute approximate surface area is 169 Å². The zero-order valence-electron chi connectivity index (χ0n) is 16.4. The highest BCUT2D eigenvalue weighted by Crippen LogP contribution is 2.28. The number of aromatic nitrogens is 4. The molecular weight excluding hydrogens is 370 g/mol. The lowest BCUT2D eigenvalue weighted by molar-refractivity contribution is -0.138. The Bertz CT molecular complexity index is 893. The quantitative estimate of drug-likeness (QED) is 0.746. The van der Waals surface area contributed by atoms with Gasteiger partial charge in [0.15, 0.2) is 0 Å². The highest BCUT2D eigenvalue weighted by atomic mass is 16.2. The van der Waals surface area contributed by atoms with Gasteiger partial charge in [0.25, 0.3) is 0 Å². The zero-order chi connectivity index (χ0) is 19.8. The van der Waals surface area contributed by atoms with E-state index in [0.717, 1.165) is 43.9 Å². The smallest absolute Gasteiger partial charge is 0.245 e. The number of rotatable bonds is 5. The third-order valence-electron chi connectivity index (χ3n) is 6.11. The van der Waals surface area contributed by atoms with Crippen molar-refractivity contribution < 1.29 is 9.59 Å². The summed E-state index contributed by atoms with van der Waals surface area (Å²) < 4.78 is 1.84. The van der Waals surface area contributed by atoms with Crippen LogP contribution in [0.3, 0.4) is 0 Å². The van der Waals surface area contributed by atoms with Gasteiger partial charge in [-0.2, -0.15) is 0 Å². The van der Waals surface area contributed by atoms with Crippen LogP contribution in [-0.4, -0.2) is 73.8 Å². The van der Waals surface area contributed by atoms with Crippen LogP contribution < -0.4 is 4.90 Å². The molecule has 0 bridgehead atoms. The Balaban J connectivity index is 1.18. The lowest BCUT2D eigenvalue weighted by atomic mass is 10.1. The van der Waals surface area contributed by atoms with E-state index in [1.807, 2.05) is 38.9 Å². The van der Waals surface area contributed by atoms with Gasteiger partial charge < -0.3 is 14.7 Å². The molecule has 2 amide bonds. The normalized spacial score (nSPS) is 22.4. The van der Waals surface area contributed by atoms with Crippen LogP contribution in [-0.2, 0) is 16.1 Å². The van der Waals surface area contributed by atoms with E-state index in [0.29, 0.717) is 26.1 Å². The number of carbonyl (C=O) groups is 2. The van der Waals surface area contributed by atoms with Crippen LogP contribution in [0.5, 0.6) is 0 Å². The summed E-state index contributed by atoms with van der Waals surface area (Å²) >= 11 is 0. The van der Waals surface area contributed by atoms with Gasteiger partial charge >= 0.3 is 0 Å². The standard InChI is InChI=1S/C20H25N7O2/c28-19-7-4-9-24(19)11-15-12-27(23-22-15)16-13-25(14-16)20(29)17-5-3-10-26(17)18-6-1-2-8-21-18/h1-2,6,8,12,16-17H,3-5,7,9-11,13-14H2. The molecule has 1 atom stereocenters. The van der Waals surface area contributed by atoms with Crippen LogP contribution in [0, 0.1) is 0 Å². The van der Waals surface area contributed by atoms with Crippen molar-refractivity contribution in [2.75, 3.05) is 31.1 Å². The van der Waals surface area contributed by atoms with Crippen molar-refractivity contribution in [3.05, 3.63) is 36.3 Å². The van der Waals surface area contributed by atoms with E-state index in [-0.39, 0.29) is 23.9 Å². The van der Waals surface area contributed by atoms with Crippen molar-refractivity contribution in [3.63, 3.8) is 0 Å². The molecular formula is C20H25N7O2. The van der Waals surface area contributed by atoms with E-state index >= 15 is 0 Å². The van der Waals surface area contributed by atoms with Crippen LogP contribution in [0.15, 0.2) is 30.6 Å². The van der Waals surface area contributed by atoms with Crippen molar-refractivity contribution >= 4 is 17.6 Å². The molecule has 3 aliphatic rings. The summed E-state index contributed by atoms with van der Waals surface area (Å²) in [6.07, 6.45) is 7.11. The average molecular weight is 395 g/mol.